The molecule has 106 valence electrons. The Kier molecular flexibility index (Phi) is 5.04. The molecule has 3 heteroatoms. The normalized spacial score (nSPS) is 29.2. The van der Waals surface area contributed by atoms with E-state index in [9.17, 15) is 0 Å². The number of nitrogens with two attached hydrogens (primary N) is 1. The maximum atomic E-state index is 6.51. The minimum atomic E-state index is -0.146. The molecular weight excluding hydrogens is 302 g/mol. The van der Waals surface area contributed by atoms with Gasteiger partial charge in [0, 0.05) is 17.6 Å². The van der Waals surface area contributed by atoms with Crippen LogP contribution in [0.1, 0.15) is 38.2 Å². The number of methoxy groups -OCH3 is 1. The summed E-state index contributed by atoms with van der Waals surface area (Å²) in [6.07, 6.45) is 5.54. The van der Waals surface area contributed by atoms with Gasteiger partial charge in [0.25, 0.3) is 0 Å². The summed E-state index contributed by atoms with van der Waals surface area (Å²) in [5.41, 5.74) is 7.63. The van der Waals surface area contributed by atoms with E-state index in [1.54, 1.807) is 0 Å². The van der Waals surface area contributed by atoms with Crippen molar-refractivity contribution >= 4 is 15.9 Å². The maximum Gasteiger partial charge on any atom is 0.0834 e. The van der Waals surface area contributed by atoms with Crippen molar-refractivity contribution in [3.8, 4) is 0 Å². The summed E-state index contributed by atoms with van der Waals surface area (Å²) in [5.74, 6) is 0.707. The molecule has 2 nitrogen and oxygen atoms in total. The van der Waals surface area contributed by atoms with Crippen molar-refractivity contribution in [2.45, 2.75) is 50.7 Å². The molecule has 0 amide bonds. The number of rotatable bonds is 4. The van der Waals surface area contributed by atoms with E-state index in [-0.39, 0.29) is 11.6 Å². The number of halogens is 1. The number of hydrogen-bond acceptors (Lipinski definition) is 2. The highest BCUT2D eigenvalue weighted by Crippen LogP contribution is 2.37. The van der Waals surface area contributed by atoms with Gasteiger partial charge in [-0.2, -0.15) is 0 Å². The molecule has 1 aromatic rings. The molecule has 2 N–H and O–H groups in total. The lowest BCUT2D eigenvalue weighted by atomic mass is 9.73. The van der Waals surface area contributed by atoms with Gasteiger partial charge in [0.15, 0.2) is 0 Å². The van der Waals surface area contributed by atoms with Crippen molar-refractivity contribution in [3.05, 3.63) is 34.3 Å². The Bertz CT molecular complexity index is 423. The number of ether oxygens (including phenoxy) is 1. The molecule has 3 unspecified atom stereocenters. The SMILES string of the molecule is COC1(C(N)Cc2ccccc2Br)CCCC(C)C1. The fourth-order valence-electron chi connectivity index (χ4n) is 3.30. The van der Waals surface area contributed by atoms with Gasteiger partial charge in [-0.25, -0.2) is 0 Å². The fraction of sp³-hybridized carbons (Fsp3) is 0.625. The minimum absolute atomic E-state index is 0.0546. The zero-order valence-corrected chi connectivity index (χ0v) is 13.4. The molecule has 1 aliphatic carbocycles. The highest BCUT2D eigenvalue weighted by Gasteiger charge is 2.40. The van der Waals surface area contributed by atoms with Crippen LogP contribution in [0.15, 0.2) is 28.7 Å². The molecule has 1 saturated carbocycles. The Morgan fingerprint density at radius 2 is 2.21 bits per heavy atom. The Morgan fingerprint density at radius 1 is 1.47 bits per heavy atom. The predicted octanol–water partition coefficient (Wildman–Crippen LogP) is 3.91. The minimum Gasteiger partial charge on any atom is -0.377 e. The summed E-state index contributed by atoms with van der Waals surface area (Å²) in [6.45, 7) is 2.30. The van der Waals surface area contributed by atoms with E-state index < -0.39 is 0 Å². The van der Waals surface area contributed by atoms with Crippen LogP contribution < -0.4 is 5.73 Å². The van der Waals surface area contributed by atoms with Gasteiger partial charge in [-0.3, -0.25) is 0 Å². The van der Waals surface area contributed by atoms with Crippen molar-refractivity contribution < 1.29 is 4.74 Å². The molecule has 1 aromatic carbocycles. The van der Waals surface area contributed by atoms with Crippen LogP contribution in [0, 0.1) is 5.92 Å². The van der Waals surface area contributed by atoms with E-state index >= 15 is 0 Å². The van der Waals surface area contributed by atoms with Crippen LogP contribution in [0.5, 0.6) is 0 Å². The average molecular weight is 326 g/mol. The van der Waals surface area contributed by atoms with Crippen LogP contribution in [-0.2, 0) is 11.2 Å². The van der Waals surface area contributed by atoms with Crippen LogP contribution in [0.3, 0.4) is 0 Å². The maximum absolute atomic E-state index is 6.51. The van der Waals surface area contributed by atoms with Crippen LogP contribution in [0.2, 0.25) is 0 Å². The molecule has 0 heterocycles. The van der Waals surface area contributed by atoms with E-state index in [4.69, 9.17) is 10.5 Å². The summed E-state index contributed by atoms with van der Waals surface area (Å²) < 4.78 is 7.02. The number of hydrogen-bond donors (Lipinski definition) is 1. The van der Waals surface area contributed by atoms with E-state index in [2.05, 4.69) is 41.1 Å². The Hall–Kier alpha value is -0.380. The summed E-state index contributed by atoms with van der Waals surface area (Å²) >= 11 is 3.60. The van der Waals surface area contributed by atoms with Crippen LogP contribution >= 0.6 is 15.9 Å². The summed E-state index contributed by atoms with van der Waals surface area (Å²) in [6, 6.07) is 8.37. The van der Waals surface area contributed by atoms with Crippen LogP contribution in [0.4, 0.5) is 0 Å². The largest absolute Gasteiger partial charge is 0.377 e. The Balaban J connectivity index is 2.13. The quantitative estimate of drug-likeness (QED) is 0.910. The summed E-state index contributed by atoms with van der Waals surface area (Å²) in [7, 11) is 1.82. The van der Waals surface area contributed by atoms with Crippen molar-refractivity contribution in [2.24, 2.45) is 11.7 Å². The third-order valence-electron chi connectivity index (χ3n) is 4.47. The third-order valence-corrected chi connectivity index (χ3v) is 5.24. The molecule has 1 aliphatic rings. The Morgan fingerprint density at radius 3 is 2.84 bits per heavy atom. The molecule has 0 radical (unpaired) electrons. The second-order valence-corrected chi connectivity index (χ2v) is 6.73. The molecule has 0 aromatic heterocycles. The Labute approximate surface area is 124 Å². The smallest absolute Gasteiger partial charge is 0.0834 e. The lowest BCUT2D eigenvalue weighted by Crippen LogP contribution is -2.53. The standard InChI is InChI=1S/C16H24BrNO/c1-12-6-5-9-16(11-12,19-2)15(18)10-13-7-3-4-8-14(13)17/h3-4,7-8,12,15H,5-6,9-11,18H2,1-2H3. The van der Waals surface area contributed by atoms with Crippen LogP contribution in [-0.4, -0.2) is 18.8 Å². The van der Waals surface area contributed by atoms with Gasteiger partial charge in [-0.15, -0.1) is 0 Å². The van der Waals surface area contributed by atoms with E-state index in [0.29, 0.717) is 5.92 Å². The van der Waals surface area contributed by atoms with E-state index in [0.717, 1.165) is 23.7 Å². The van der Waals surface area contributed by atoms with E-state index in [1.807, 2.05) is 13.2 Å². The third kappa shape index (κ3) is 3.39. The van der Waals surface area contributed by atoms with Crippen molar-refractivity contribution in [1.82, 2.24) is 0 Å². The lowest BCUT2D eigenvalue weighted by molar-refractivity contribution is -0.0705. The molecule has 0 bridgehead atoms. The monoisotopic (exact) mass is 325 g/mol. The molecule has 1 fully saturated rings. The molecule has 0 saturated heterocycles. The zero-order valence-electron chi connectivity index (χ0n) is 11.9. The van der Waals surface area contributed by atoms with Gasteiger partial charge in [0.1, 0.15) is 0 Å². The molecular formula is C16H24BrNO. The van der Waals surface area contributed by atoms with Gasteiger partial charge < -0.3 is 10.5 Å². The highest BCUT2D eigenvalue weighted by molar-refractivity contribution is 9.10. The topological polar surface area (TPSA) is 35.2 Å². The van der Waals surface area contributed by atoms with Crippen molar-refractivity contribution in [3.63, 3.8) is 0 Å². The lowest BCUT2D eigenvalue weighted by Gasteiger charge is -2.43. The summed E-state index contributed by atoms with van der Waals surface area (Å²) in [5, 5.41) is 0. The highest BCUT2D eigenvalue weighted by atomic mass is 79.9. The predicted molar refractivity (Wildman–Crippen MR) is 83.2 cm³/mol. The molecule has 3 atom stereocenters. The van der Waals surface area contributed by atoms with Gasteiger partial charge in [-0.05, 0) is 36.8 Å². The molecule has 0 aliphatic heterocycles. The van der Waals surface area contributed by atoms with Crippen LogP contribution in [0.25, 0.3) is 0 Å². The summed E-state index contributed by atoms with van der Waals surface area (Å²) in [4.78, 5) is 0. The second-order valence-electron chi connectivity index (χ2n) is 5.87. The van der Waals surface area contributed by atoms with E-state index in [1.165, 1.54) is 18.4 Å². The fourth-order valence-corrected chi connectivity index (χ4v) is 3.75. The second kappa shape index (κ2) is 6.38. The molecule has 19 heavy (non-hydrogen) atoms. The van der Waals surface area contributed by atoms with Gasteiger partial charge in [0.2, 0.25) is 0 Å². The molecule has 0 spiro atoms. The van der Waals surface area contributed by atoms with Crippen molar-refractivity contribution in [2.75, 3.05) is 7.11 Å². The average Bonchev–Trinajstić information content (AvgIpc) is 2.41. The van der Waals surface area contributed by atoms with Gasteiger partial charge in [-0.1, -0.05) is 53.9 Å². The number of benzene rings is 1. The first-order valence-corrected chi connectivity index (χ1v) is 7.91. The van der Waals surface area contributed by atoms with Crippen molar-refractivity contribution in [1.29, 1.82) is 0 Å². The zero-order chi connectivity index (χ0) is 13.9. The first-order chi connectivity index (χ1) is 9.07. The molecule has 2 rings (SSSR count). The van der Waals surface area contributed by atoms with Gasteiger partial charge >= 0.3 is 0 Å². The first kappa shape index (κ1) is 15.0. The first-order valence-electron chi connectivity index (χ1n) is 7.11. The van der Waals surface area contributed by atoms with Gasteiger partial charge in [0.05, 0.1) is 5.60 Å².